The molecule has 0 amide bonds. The largest absolute Gasteiger partial charge is 0.371 e. The van der Waals surface area contributed by atoms with Gasteiger partial charge in [-0.25, -0.2) is 0 Å². The predicted octanol–water partition coefficient (Wildman–Crippen LogP) is 1.92. The van der Waals surface area contributed by atoms with Crippen molar-refractivity contribution in [3.8, 4) is 0 Å². The number of rotatable bonds is 2. The van der Waals surface area contributed by atoms with Gasteiger partial charge in [-0.2, -0.15) is 0 Å². The molecule has 4 heteroatoms. The highest BCUT2D eigenvalue weighted by atomic mass is 15.2. The van der Waals surface area contributed by atoms with Crippen LogP contribution < -0.4 is 10.6 Å². The quantitative estimate of drug-likeness (QED) is 0.839. The smallest absolute Gasteiger partial charge is 0.121 e. The van der Waals surface area contributed by atoms with Crippen molar-refractivity contribution in [2.24, 2.45) is 0 Å². The molecule has 90 valence electrons. The van der Waals surface area contributed by atoms with Crippen LogP contribution in [-0.4, -0.2) is 9.97 Å². The number of aromatic nitrogens is 2. The Morgan fingerprint density at radius 3 is 2.28 bits per heavy atom. The summed E-state index contributed by atoms with van der Waals surface area (Å²) in [6.07, 6.45) is 7.63. The van der Waals surface area contributed by atoms with Crippen LogP contribution in [0.4, 0.5) is 0 Å². The monoisotopic (exact) mass is 238 g/mol. The van der Waals surface area contributed by atoms with Crippen LogP contribution in [0.3, 0.4) is 0 Å². The van der Waals surface area contributed by atoms with Crippen LogP contribution in [0.2, 0.25) is 0 Å². The Hall–Kier alpha value is -2.20. The zero-order chi connectivity index (χ0) is 12.2. The molecule has 3 heterocycles. The van der Waals surface area contributed by atoms with Gasteiger partial charge in [-0.1, -0.05) is 12.1 Å². The summed E-state index contributed by atoms with van der Waals surface area (Å²) in [5.41, 5.74) is 1.99. The molecule has 4 nitrogen and oxygen atoms in total. The van der Waals surface area contributed by atoms with E-state index in [0.717, 1.165) is 11.4 Å². The summed E-state index contributed by atoms with van der Waals surface area (Å²) in [5.74, 6) is 0. The number of hydrogen-bond donors (Lipinski definition) is 2. The lowest BCUT2D eigenvalue weighted by Crippen LogP contribution is -2.37. The molecule has 2 aromatic rings. The van der Waals surface area contributed by atoms with Gasteiger partial charge in [0.1, 0.15) is 6.17 Å². The Balaban J connectivity index is 1.81. The maximum Gasteiger partial charge on any atom is 0.121 e. The molecule has 3 rings (SSSR count). The molecule has 2 aromatic heterocycles. The van der Waals surface area contributed by atoms with Crippen LogP contribution in [0.25, 0.3) is 0 Å². The van der Waals surface area contributed by atoms with Crippen LogP contribution in [-0.2, 0) is 0 Å². The van der Waals surface area contributed by atoms with Crippen molar-refractivity contribution in [2.75, 3.05) is 0 Å². The average Bonchev–Trinajstić information content (AvgIpc) is 2.49. The van der Waals surface area contributed by atoms with Gasteiger partial charge in [0, 0.05) is 12.4 Å². The molecule has 0 aliphatic carbocycles. The Labute approximate surface area is 106 Å². The molecule has 0 saturated heterocycles. The third kappa shape index (κ3) is 2.24. The van der Waals surface area contributed by atoms with Gasteiger partial charge in [-0.05, 0) is 36.5 Å². The molecule has 2 atom stereocenters. The number of pyridine rings is 2. The molecule has 0 fully saturated rings. The minimum Gasteiger partial charge on any atom is -0.371 e. The molecule has 1 aliphatic rings. The first kappa shape index (κ1) is 10.9. The Morgan fingerprint density at radius 2 is 1.61 bits per heavy atom. The number of nitrogens with zero attached hydrogens (tertiary/aromatic N) is 2. The Morgan fingerprint density at radius 1 is 0.889 bits per heavy atom. The standard InChI is InChI=1S/C14H14N4/c1-3-8-15-11(5-1)12-7-10-17-14(18-12)13-6-2-4-9-16-13/h1-10,12,14,17-18H. The molecule has 0 spiro atoms. The summed E-state index contributed by atoms with van der Waals surface area (Å²) < 4.78 is 0. The average molecular weight is 238 g/mol. The molecule has 0 saturated carbocycles. The molecule has 0 bridgehead atoms. The number of hydrogen-bond acceptors (Lipinski definition) is 4. The Kier molecular flexibility index (Phi) is 3.02. The van der Waals surface area contributed by atoms with Crippen LogP contribution in [0.5, 0.6) is 0 Å². The maximum absolute atomic E-state index is 4.37. The van der Waals surface area contributed by atoms with E-state index in [1.54, 1.807) is 6.20 Å². The van der Waals surface area contributed by atoms with Crippen molar-refractivity contribution >= 4 is 0 Å². The molecular weight excluding hydrogens is 224 g/mol. The van der Waals surface area contributed by atoms with Gasteiger partial charge in [0.05, 0.1) is 17.4 Å². The zero-order valence-corrected chi connectivity index (χ0v) is 9.82. The van der Waals surface area contributed by atoms with Crippen molar-refractivity contribution in [3.63, 3.8) is 0 Å². The topological polar surface area (TPSA) is 49.8 Å². The fourth-order valence-corrected chi connectivity index (χ4v) is 1.99. The van der Waals surface area contributed by atoms with E-state index >= 15 is 0 Å². The highest BCUT2D eigenvalue weighted by Gasteiger charge is 2.20. The molecule has 0 aromatic carbocycles. The molecular formula is C14H14N4. The van der Waals surface area contributed by atoms with Gasteiger partial charge < -0.3 is 5.32 Å². The highest BCUT2D eigenvalue weighted by molar-refractivity contribution is 5.19. The van der Waals surface area contributed by atoms with Gasteiger partial charge in [-0.3, -0.25) is 15.3 Å². The lowest BCUT2D eigenvalue weighted by Gasteiger charge is -2.27. The van der Waals surface area contributed by atoms with E-state index in [-0.39, 0.29) is 12.2 Å². The van der Waals surface area contributed by atoms with Gasteiger partial charge >= 0.3 is 0 Å². The molecule has 2 N–H and O–H groups in total. The van der Waals surface area contributed by atoms with Crippen LogP contribution in [0.15, 0.2) is 61.1 Å². The summed E-state index contributed by atoms with van der Waals surface area (Å²) in [5, 5.41) is 6.72. The second kappa shape index (κ2) is 4.98. The maximum atomic E-state index is 4.37. The first-order valence-corrected chi connectivity index (χ1v) is 5.94. The minimum atomic E-state index is 0.0169. The fraction of sp³-hybridized carbons (Fsp3) is 0.143. The van der Waals surface area contributed by atoms with Crippen LogP contribution in [0.1, 0.15) is 23.6 Å². The van der Waals surface area contributed by atoms with E-state index in [4.69, 9.17) is 0 Å². The Bertz CT molecular complexity index is 524. The summed E-state index contributed by atoms with van der Waals surface area (Å²) in [7, 11) is 0. The zero-order valence-electron chi connectivity index (χ0n) is 9.82. The summed E-state index contributed by atoms with van der Waals surface area (Å²) >= 11 is 0. The predicted molar refractivity (Wildman–Crippen MR) is 69.4 cm³/mol. The molecule has 0 radical (unpaired) electrons. The fourth-order valence-electron chi connectivity index (χ4n) is 1.99. The minimum absolute atomic E-state index is 0.0169. The first-order chi connectivity index (χ1) is 8.93. The normalized spacial score (nSPS) is 22.4. The number of nitrogens with one attached hydrogen (secondary N) is 2. The summed E-state index contributed by atoms with van der Waals surface area (Å²) in [6, 6.07) is 11.9. The van der Waals surface area contributed by atoms with Crippen molar-refractivity contribution in [1.82, 2.24) is 20.6 Å². The summed E-state index contributed by atoms with van der Waals surface area (Å²) in [6.45, 7) is 0. The van der Waals surface area contributed by atoms with Gasteiger partial charge in [0.15, 0.2) is 0 Å². The van der Waals surface area contributed by atoms with E-state index in [9.17, 15) is 0 Å². The van der Waals surface area contributed by atoms with Crippen LogP contribution in [0, 0.1) is 0 Å². The second-order valence-corrected chi connectivity index (χ2v) is 4.11. The third-order valence-corrected chi connectivity index (χ3v) is 2.89. The lowest BCUT2D eigenvalue weighted by molar-refractivity contribution is 0.420. The van der Waals surface area contributed by atoms with Gasteiger partial charge in [0.2, 0.25) is 0 Å². The molecule has 1 aliphatic heterocycles. The van der Waals surface area contributed by atoms with Crippen molar-refractivity contribution in [3.05, 3.63) is 72.5 Å². The van der Waals surface area contributed by atoms with E-state index in [2.05, 4.69) is 26.7 Å². The van der Waals surface area contributed by atoms with Crippen molar-refractivity contribution in [2.45, 2.75) is 12.2 Å². The SMILES string of the molecule is C1=CC(c2ccccn2)NC(c2ccccn2)N1. The van der Waals surface area contributed by atoms with Crippen molar-refractivity contribution in [1.29, 1.82) is 0 Å². The highest BCUT2D eigenvalue weighted by Crippen LogP contribution is 2.19. The first-order valence-electron chi connectivity index (χ1n) is 5.94. The lowest BCUT2D eigenvalue weighted by atomic mass is 10.1. The van der Waals surface area contributed by atoms with E-state index in [0.29, 0.717) is 0 Å². The third-order valence-electron chi connectivity index (χ3n) is 2.89. The second-order valence-electron chi connectivity index (χ2n) is 4.11. The molecule has 2 unspecified atom stereocenters. The molecule has 18 heavy (non-hydrogen) atoms. The summed E-state index contributed by atoms with van der Waals surface area (Å²) in [4.78, 5) is 8.72. The van der Waals surface area contributed by atoms with E-state index < -0.39 is 0 Å². The van der Waals surface area contributed by atoms with Crippen LogP contribution >= 0.6 is 0 Å². The van der Waals surface area contributed by atoms with E-state index in [1.165, 1.54) is 0 Å². The van der Waals surface area contributed by atoms with E-state index in [1.807, 2.05) is 48.8 Å². The van der Waals surface area contributed by atoms with Gasteiger partial charge in [0.25, 0.3) is 0 Å². The van der Waals surface area contributed by atoms with Gasteiger partial charge in [-0.15, -0.1) is 0 Å². The van der Waals surface area contributed by atoms with Crippen molar-refractivity contribution < 1.29 is 0 Å².